The van der Waals surface area contributed by atoms with Gasteiger partial charge >= 0.3 is 0 Å². The lowest BCUT2D eigenvalue weighted by Crippen LogP contribution is -2.13. The van der Waals surface area contributed by atoms with Crippen LogP contribution < -0.4 is 9.75 Å². The van der Waals surface area contributed by atoms with Gasteiger partial charge in [-0.25, -0.2) is 0 Å². The van der Waals surface area contributed by atoms with Crippen molar-refractivity contribution in [3.05, 3.63) is 40.6 Å². The second-order valence-corrected chi connectivity index (χ2v) is 3.99. The highest BCUT2D eigenvalue weighted by molar-refractivity contribution is 5.74. The predicted octanol–water partition coefficient (Wildman–Crippen LogP) is 2.60. The Hall–Kier alpha value is -2.17. The van der Waals surface area contributed by atoms with E-state index in [1.165, 1.54) is 5.01 Å². The first kappa shape index (κ1) is 10.0. The maximum absolute atomic E-state index is 10.9. The number of ether oxygens (including phenoxy) is 1. The molecule has 5 heteroatoms. The number of allylic oxidation sites excluding steroid dienone is 1. The molecule has 0 fully saturated rings. The quantitative estimate of drug-likeness (QED) is 0.732. The Labute approximate surface area is 98.4 Å². The molecule has 3 rings (SSSR count). The zero-order chi connectivity index (χ0) is 11.8. The molecule has 0 radical (unpaired) electrons. The number of anilines is 1. The Morgan fingerprint density at radius 3 is 3.18 bits per heavy atom. The first-order valence-electron chi connectivity index (χ1n) is 5.38. The number of methoxy groups -OCH3 is 1. The highest BCUT2D eigenvalue weighted by atomic mass is 16.5. The smallest absolute Gasteiger partial charge is 0.119 e. The molecule has 0 aliphatic carbocycles. The monoisotopic (exact) mass is 229 g/mol. The van der Waals surface area contributed by atoms with E-state index < -0.39 is 0 Å². The number of hydrogen-bond donors (Lipinski definition) is 0. The van der Waals surface area contributed by atoms with Gasteiger partial charge in [-0.2, -0.15) is 5.01 Å². The van der Waals surface area contributed by atoms with Crippen molar-refractivity contribution >= 4 is 11.9 Å². The van der Waals surface area contributed by atoms with E-state index in [0.29, 0.717) is 0 Å². The van der Waals surface area contributed by atoms with Gasteiger partial charge in [-0.1, -0.05) is 0 Å². The zero-order valence-corrected chi connectivity index (χ0v) is 9.33. The molecule has 1 atom stereocenters. The van der Waals surface area contributed by atoms with Gasteiger partial charge in [0.05, 0.1) is 23.8 Å². The minimum absolute atomic E-state index is 0.162. The van der Waals surface area contributed by atoms with E-state index in [2.05, 4.69) is 10.3 Å². The summed E-state index contributed by atoms with van der Waals surface area (Å²) < 4.78 is 5.21. The summed E-state index contributed by atoms with van der Waals surface area (Å²) in [6.07, 6.45) is 4.34. The second kappa shape index (κ2) is 3.69. The number of hydrogen-bond acceptors (Lipinski definition) is 4. The molecule has 5 nitrogen and oxygen atoms in total. The van der Waals surface area contributed by atoms with Crippen LogP contribution in [0.15, 0.2) is 40.4 Å². The predicted molar refractivity (Wildman–Crippen MR) is 65.2 cm³/mol. The zero-order valence-electron chi connectivity index (χ0n) is 9.33. The van der Waals surface area contributed by atoms with Crippen LogP contribution >= 0.6 is 0 Å². The molecule has 1 unspecified atom stereocenters. The fraction of sp³-hybridized carbons (Fsp3) is 0.250. The summed E-state index contributed by atoms with van der Waals surface area (Å²) in [4.78, 5) is 15.0. The van der Waals surface area contributed by atoms with Gasteiger partial charge in [0, 0.05) is 18.3 Å². The van der Waals surface area contributed by atoms with Crippen LogP contribution in [0.2, 0.25) is 0 Å². The Kier molecular flexibility index (Phi) is 2.18. The summed E-state index contributed by atoms with van der Waals surface area (Å²) in [5, 5.41) is 4.48. The van der Waals surface area contributed by atoms with E-state index in [4.69, 9.17) is 4.74 Å². The minimum atomic E-state index is 0.162. The Morgan fingerprint density at radius 2 is 2.41 bits per heavy atom. The van der Waals surface area contributed by atoms with Gasteiger partial charge in [0.2, 0.25) is 0 Å². The summed E-state index contributed by atoms with van der Waals surface area (Å²) in [6, 6.07) is 5.64. The van der Waals surface area contributed by atoms with Crippen molar-refractivity contribution in [3.8, 4) is 5.75 Å². The lowest BCUT2D eigenvalue weighted by molar-refractivity contribution is 0.414. The average molecular weight is 229 g/mol. The number of nitrogens with zero attached hydrogens (tertiary/aromatic N) is 3. The third-order valence-electron chi connectivity index (χ3n) is 3.17. The van der Waals surface area contributed by atoms with E-state index in [0.717, 1.165) is 29.1 Å². The first-order valence-corrected chi connectivity index (χ1v) is 5.38. The van der Waals surface area contributed by atoms with E-state index >= 15 is 0 Å². The van der Waals surface area contributed by atoms with Crippen LogP contribution in [0.25, 0.3) is 0 Å². The number of aliphatic imine (C=N–C) groups is 1. The highest BCUT2D eigenvalue weighted by Gasteiger charge is 2.35. The second-order valence-electron chi connectivity index (χ2n) is 3.99. The molecule has 0 saturated heterocycles. The fourth-order valence-corrected chi connectivity index (χ4v) is 2.36. The molecule has 86 valence electrons. The van der Waals surface area contributed by atoms with Gasteiger partial charge in [-0.15, -0.1) is 4.91 Å². The van der Waals surface area contributed by atoms with Crippen molar-refractivity contribution in [1.29, 1.82) is 0 Å². The summed E-state index contributed by atoms with van der Waals surface area (Å²) in [5.41, 5.74) is 2.73. The van der Waals surface area contributed by atoms with Crippen molar-refractivity contribution < 1.29 is 4.74 Å². The largest absolute Gasteiger partial charge is 0.497 e. The average Bonchev–Trinajstić information content (AvgIpc) is 2.71. The molecule has 0 saturated carbocycles. The first-order chi connectivity index (χ1) is 8.35. The van der Waals surface area contributed by atoms with Crippen LogP contribution in [0.5, 0.6) is 5.75 Å². The molecule has 0 N–H and O–H groups in total. The van der Waals surface area contributed by atoms with Crippen molar-refractivity contribution in [2.75, 3.05) is 12.1 Å². The van der Waals surface area contributed by atoms with Crippen LogP contribution in [0.4, 0.5) is 5.69 Å². The topological polar surface area (TPSA) is 54.3 Å². The van der Waals surface area contributed by atoms with Crippen LogP contribution in [0.1, 0.15) is 17.9 Å². The summed E-state index contributed by atoms with van der Waals surface area (Å²) in [6.45, 7) is 0. The Morgan fingerprint density at radius 1 is 1.53 bits per heavy atom. The highest BCUT2D eigenvalue weighted by Crippen LogP contribution is 2.47. The normalized spacial score (nSPS) is 20.6. The van der Waals surface area contributed by atoms with Crippen LogP contribution in [-0.4, -0.2) is 13.3 Å². The van der Waals surface area contributed by atoms with Gasteiger partial charge in [0.15, 0.2) is 0 Å². The SMILES string of the molecule is COc1ccc2c(c1)C1CC=NC=C1N2N=O. The summed E-state index contributed by atoms with van der Waals surface area (Å²) in [5.74, 6) is 0.952. The van der Waals surface area contributed by atoms with Crippen LogP contribution in [-0.2, 0) is 0 Å². The molecular weight excluding hydrogens is 218 g/mol. The lowest BCUT2D eigenvalue weighted by atomic mass is 9.95. The fourth-order valence-electron chi connectivity index (χ4n) is 2.36. The van der Waals surface area contributed by atoms with Crippen molar-refractivity contribution in [1.82, 2.24) is 0 Å². The maximum atomic E-state index is 10.9. The van der Waals surface area contributed by atoms with Gasteiger partial charge < -0.3 is 4.74 Å². The van der Waals surface area contributed by atoms with Crippen LogP contribution in [0.3, 0.4) is 0 Å². The van der Waals surface area contributed by atoms with E-state index in [-0.39, 0.29) is 5.92 Å². The number of benzene rings is 1. The van der Waals surface area contributed by atoms with Crippen LogP contribution in [0, 0.1) is 4.91 Å². The van der Waals surface area contributed by atoms with Crippen molar-refractivity contribution in [2.45, 2.75) is 12.3 Å². The molecule has 0 amide bonds. The van der Waals surface area contributed by atoms with Crippen molar-refractivity contribution in [2.24, 2.45) is 10.3 Å². The molecular formula is C12H11N3O2. The van der Waals surface area contributed by atoms with Gasteiger partial charge in [0.25, 0.3) is 0 Å². The standard InChI is InChI=1S/C12H11N3O2/c1-17-8-2-3-11-10(6-8)9-4-5-13-7-12(9)15(11)14-16/h2-3,5-7,9H,4H2,1H3. The Balaban J connectivity index is 2.16. The molecule has 17 heavy (non-hydrogen) atoms. The molecule has 0 aromatic heterocycles. The molecule has 1 aromatic rings. The molecule has 2 aliphatic rings. The molecule has 0 bridgehead atoms. The van der Waals surface area contributed by atoms with Gasteiger partial charge in [-0.3, -0.25) is 4.99 Å². The minimum Gasteiger partial charge on any atom is -0.497 e. The molecule has 0 spiro atoms. The van der Waals surface area contributed by atoms with E-state index in [1.807, 2.05) is 24.4 Å². The molecule has 2 heterocycles. The third-order valence-corrected chi connectivity index (χ3v) is 3.17. The van der Waals surface area contributed by atoms with Gasteiger partial charge in [-0.05, 0) is 30.2 Å². The van der Waals surface area contributed by atoms with Crippen molar-refractivity contribution in [3.63, 3.8) is 0 Å². The van der Waals surface area contributed by atoms with E-state index in [1.54, 1.807) is 13.3 Å². The molecule has 2 aliphatic heterocycles. The number of rotatable bonds is 2. The number of fused-ring (bicyclic) bond motifs is 3. The maximum Gasteiger partial charge on any atom is 0.119 e. The van der Waals surface area contributed by atoms with E-state index in [9.17, 15) is 4.91 Å². The molecule has 1 aromatic carbocycles. The lowest BCUT2D eigenvalue weighted by Gasteiger charge is -2.14. The Bertz CT molecular complexity index is 537. The number of nitroso groups, excluding NO2 is 1. The summed E-state index contributed by atoms with van der Waals surface area (Å²) in [7, 11) is 1.63. The third kappa shape index (κ3) is 1.35. The summed E-state index contributed by atoms with van der Waals surface area (Å²) >= 11 is 0. The van der Waals surface area contributed by atoms with Gasteiger partial charge in [0.1, 0.15) is 5.75 Å².